The van der Waals surface area contributed by atoms with E-state index in [9.17, 15) is 0 Å². The van der Waals surface area contributed by atoms with Gasteiger partial charge in [0.25, 0.3) is 0 Å². The average Bonchev–Trinajstić information content (AvgIpc) is 3.42. The lowest BCUT2D eigenvalue weighted by Gasteiger charge is -2.22. The van der Waals surface area contributed by atoms with Crippen molar-refractivity contribution in [2.24, 2.45) is 5.41 Å². The van der Waals surface area contributed by atoms with Crippen LogP contribution in [0.2, 0.25) is 0 Å². The van der Waals surface area contributed by atoms with Crippen LogP contribution in [0.4, 0.5) is 0 Å². The Morgan fingerprint density at radius 2 is 1.69 bits per heavy atom. The maximum Gasteiger partial charge on any atom is 0.144 e. The summed E-state index contributed by atoms with van der Waals surface area (Å²) in [5, 5.41) is 3.15. The van der Waals surface area contributed by atoms with Gasteiger partial charge in [0.1, 0.15) is 11.2 Å². The number of fused-ring (bicyclic) bond motifs is 5. The van der Waals surface area contributed by atoms with Crippen LogP contribution in [0.5, 0.6) is 0 Å². The number of hydrogen-bond acceptors (Lipinski definition) is 4. The maximum atomic E-state index is 9.11. The predicted molar refractivity (Wildman–Crippen MR) is 153 cm³/mol. The van der Waals surface area contributed by atoms with Gasteiger partial charge < -0.3 is 4.42 Å². The van der Waals surface area contributed by atoms with E-state index in [4.69, 9.17) is 12.1 Å². The monoisotopic (exact) mass is 492 g/mol. The topological polar surface area (TPSA) is 38.9 Å². The molecule has 36 heavy (non-hydrogen) atoms. The second-order valence-corrected chi connectivity index (χ2v) is 11.8. The zero-order valence-electron chi connectivity index (χ0n) is 23.5. The standard InChI is InChI=1S/C32H30N2OS/c1-18-9-7-10-19(2)28(18)24-15-26(33-17-21(24)16-32(4,5)6)22-11-8-12-23-29-27(35-30(22)23)14-13-25-31(29)36-20(3)34-25/h7-15,17H,16H2,1-6H3/i16D2. The van der Waals surface area contributed by atoms with Gasteiger partial charge >= 0.3 is 0 Å². The molecule has 0 radical (unpaired) electrons. The first-order chi connectivity index (χ1) is 18.0. The summed E-state index contributed by atoms with van der Waals surface area (Å²) < 4.78 is 25.8. The molecule has 0 aliphatic heterocycles. The van der Waals surface area contributed by atoms with Crippen molar-refractivity contribution >= 4 is 43.5 Å². The lowest BCUT2D eigenvalue weighted by atomic mass is 9.83. The molecule has 0 spiro atoms. The Balaban J connectivity index is 1.65. The number of hydrogen-bond donors (Lipinski definition) is 0. The zero-order valence-corrected chi connectivity index (χ0v) is 22.3. The number of thiazole rings is 1. The van der Waals surface area contributed by atoms with Crippen molar-refractivity contribution in [3.8, 4) is 22.4 Å². The summed E-state index contributed by atoms with van der Waals surface area (Å²) >= 11 is 1.68. The van der Waals surface area contributed by atoms with Crippen LogP contribution in [0.15, 0.2) is 65.2 Å². The third-order valence-corrected chi connectivity index (χ3v) is 7.57. The molecule has 0 N–H and O–H groups in total. The van der Waals surface area contributed by atoms with Crippen molar-refractivity contribution in [2.75, 3.05) is 0 Å². The van der Waals surface area contributed by atoms with Gasteiger partial charge in [-0.3, -0.25) is 4.98 Å². The highest BCUT2D eigenvalue weighted by atomic mass is 32.1. The van der Waals surface area contributed by atoms with Crippen LogP contribution in [-0.4, -0.2) is 9.97 Å². The second-order valence-electron chi connectivity index (χ2n) is 10.6. The van der Waals surface area contributed by atoms with Crippen molar-refractivity contribution in [3.05, 3.63) is 82.5 Å². The van der Waals surface area contributed by atoms with E-state index in [1.165, 1.54) is 0 Å². The Morgan fingerprint density at radius 1 is 0.944 bits per heavy atom. The number of aryl methyl sites for hydroxylation is 3. The SMILES string of the molecule is [2H]C([2H])(c1cnc(-c2cccc3c2oc2ccc4nc(C)sc4c23)cc1-c1c(C)cccc1C)C(C)(C)C. The Bertz CT molecular complexity index is 1850. The molecule has 0 saturated heterocycles. The number of para-hydroxylation sites is 1. The molecule has 6 aromatic rings. The van der Waals surface area contributed by atoms with E-state index in [-0.39, 0.29) is 0 Å². The van der Waals surface area contributed by atoms with Gasteiger partial charge in [-0.2, -0.15) is 0 Å². The van der Waals surface area contributed by atoms with Crippen LogP contribution in [0.1, 0.15) is 45.2 Å². The highest BCUT2D eigenvalue weighted by Gasteiger charge is 2.21. The van der Waals surface area contributed by atoms with E-state index in [0.717, 1.165) is 70.7 Å². The molecule has 0 aliphatic rings. The third kappa shape index (κ3) is 3.81. The lowest BCUT2D eigenvalue weighted by Crippen LogP contribution is -2.11. The van der Waals surface area contributed by atoms with Crippen molar-refractivity contribution in [1.29, 1.82) is 0 Å². The first-order valence-electron chi connectivity index (χ1n) is 13.3. The van der Waals surface area contributed by atoms with Crippen LogP contribution in [0.25, 0.3) is 54.5 Å². The summed E-state index contributed by atoms with van der Waals surface area (Å²) in [6.45, 7) is 12.0. The largest absolute Gasteiger partial charge is 0.455 e. The fourth-order valence-corrected chi connectivity index (χ4v) is 6.10. The Labute approximate surface area is 218 Å². The molecule has 0 bridgehead atoms. The second kappa shape index (κ2) is 8.28. The maximum absolute atomic E-state index is 9.11. The fraction of sp³-hybridized carbons (Fsp3) is 0.250. The van der Waals surface area contributed by atoms with Crippen LogP contribution in [-0.2, 0) is 6.37 Å². The highest BCUT2D eigenvalue weighted by molar-refractivity contribution is 7.19. The number of benzene rings is 3. The van der Waals surface area contributed by atoms with E-state index < -0.39 is 11.8 Å². The summed E-state index contributed by atoms with van der Waals surface area (Å²) in [6.07, 6.45) is 0.137. The lowest BCUT2D eigenvalue weighted by molar-refractivity contribution is 0.411. The van der Waals surface area contributed by atoms with Gasteiger partial charge in [0.15, 0.2) is 0 Å². The van der Waals surface area contributed by atoms with Gasteiger partial charge in [-0.15, -0.1) is 11.3 Å². The minimum Gasteiger partial charge on any atom is -0.455 e. The molecule has 0 atom stereocenters. The average molecular weight is 493 g/mol. The molecule has 3 heterocycles. The van der Waals surface area contributed by atoms with Crippen LogP contribution < -0.4 is 0 Å². The summed E-state index contributed by atoms with van der Waals surface area (Å²) in [4.78, 5) is 9.52. The first kappa shape index (κ1) is 20.7. The minimum absolute atomic E-state index is 0.602. The van der Waals surface area contributed by atoms with Gasteiger partial charge in [0, 0.05) is 25.3 Å². The molecule has 6 rings (SSSR count). The zero-order chi connectivity index (χ0) is 27.0. The van der Waals surface area contributed by atoms with Crippen molar-refractivity contribution in [3.63, 3.8) is 0 Å². The van der Waals surface area contributed by atoms with Gasteiger partial charge in [-0.05, 0) is 84.6 Å². The molecule has 180 valence electrons. The minimum atomic E-state index is -1.59. The molecular weight excluding hydrogens is 460 g/mol. The molecular formula is C32H30N2OS. The fourth-order valence-electron chi connectivity index (χ4n) is 5.13. The van der Waals surface area contributed by atoms with E-state index in [1.807, 2.05) is 64.1 Å². The summed E-state index contributed by atoms with van der Waals surface area (Å²) in [6, 6.07) is 18.5. The number of pyridine rings is 1. The van der Waals surface area contributed by atoms with E-state index >= 15 is 0 Å². The Morgan fingerprint density at radius 3 is 2.44 bits per heavy atom. The van der Waals surface area contributed by atoms with Crippen molar-refractivity contribution in [2.45, 2.75) is 47.9 Å². The van der Waals surface area contributed by atoms with Crippen LogP contribution >= 0.6 is 11.3 Å². The molecule has 3 aromatic carbocycles. The Hall–Kier alpha value is -3.50. The van der Waals surface area contributed by atoms with Crippen LogP contribution in [0.3, 0.4) is 0 Å². The molecule has 0 saturated carbocycles. The summed E-state index contributed by atoms with van der Waals surface area (Å²) in [5.41, 5.74) is 8.39. The number of aromatic nitrogens is 2. The molecule has 4 heteroatoms. The number of nitrogens with zero attached hydrogens (tertiary/aromatic N) is 2. The van der Waals surface area contributed by atoms with Gasteiger partial charge in [0.2, 0.25) is 0 Å². The normalized spacial score (nSPS) is 13.5. The highest BCUT2D eigenvalue weighted by Crippen LogP contribution is 2.42. The molecule has 3 aromatic heterocycles. The summed E-state index contributed by atoms with van der Waals surface area (Å²) in [5.74, 6) is 0. The van der Waals surface area contributed by atoms with Gasteiger partial charge in [-0.1, -0.05) is 51.1 Å². The van der Waals surface area contributed by atoms with Gasteiger partial charge in [-0.25, -0.2) is 4.98 Å². The van der Waals surface area contributed by atoms with E-state index in [0.29, 0.717) is 5.56 Å². The molecule has 0 aliphatic carbocycles. The van der Waals surface area contributed by atoms with Crippen LogP contribution in [0, 0.1) is 26.2 Å². The van der Waals surface area contributed by atoms with Crippen molar-refractivity contribution < 1.29 is 7.16 Å². The molecule has 0 unspecified atom stereocenters. The smallest absolute Gasteiger partial charge is 0.144 e. The summed E-state index contributed by atoms with van der Waals surface area (Å²) in [7, 11) is 0. The molecule has 3 nitrogen and oxygen atoms in total. The number of furan rings is 1. The predicted octanol–water partition coefficient (Wildman–Crippen LogP) is 9.44. The van der Waals surface area contributed by atoms with Crippen molar-refractivity contribution in [1.82, 2.24) is 9.97 Å². The van der Waals surface area contributed by atoms with E-state index in [1.54, 1.807) is 17.5 Å². The quantitative estimate of drug-likeness (QED) is 0.247. The Kier molecular flexibility index (Phi) is 4.75. The molecule has 0 fully saturated rings. The van der Waals surface area contributed by atoms with Gasteiger partial charge in [0.05, 0.1) is 20.9 Å². The van der Waals surface area contributed by atoms with E-state index in [2.05, 4.69) is 37.0 Å². The first-order valence-corrected chi connectivity index (χ1v) is 13.1. The third-order valence-electron chi connectivity index (χ3n) is 6.56. The molecule has 0 amide bonds. The number of rotatable bonds is 3.